The van der Waals surface area contributed by atoms with Crippen molar-refractivity contribution in [3.05, 3.63) is 34.0 Å². The Morgan fingerprint density at radius 3 is 3.00 bits per heavy atom. The van der Waals surface area contributed by atoms with Gasteiger partial charge in [0.25, 0.3) is 0 Å². The summed E-state index contributed by atoms with van der Waals surface area (Å²) in [5.41, 5.74) is 1.61. The van der Waals surface area contributed by atoms with Crippen molar-refractivity contribution in [2.24, 2.45) is 0 Å². The molecule has 0 fully saturated rings. The zero-order valence-corrected chi connectivity index (χ0v) is 12.4. The fourth-order valence-electron chi connectivity index (χ4n) is 2.67. The molecule has 3 rings (SSSR count). The van der Waals surface area contributed by atoms with Gasteiger partial charge in [-0.05, 0) is 49.7 Å². The first kappa shape index (κ1) is 12.4. The Morgan fingerprint density at radius 2 is 2.28 bits per heavy atom. The van der Waals surface area contributed by atoms with Gasteiger partial charge in [0.05, 0.1) is 6.04 Å². The molecule has 1 aliphatic carbocycles. The van der Waals surface area contributed by atoms with Gasteiger partial charge in [-0.1, -0.05) is 18.6 Å². The highest BCUT2D eigenvalue weighted by molar-refractivity contribution is 7.27. The summed E-state index contributed by atoms with van der Waals surface area (Å²) >= 11 is 3.81. The van der Waals surface area contributed by atoms with Gasteiger partial charge in [0.1, 0.15) is 0 Å². The molecule has 2 heterocycles. The van der Waals surface area contributed by atoms with Crippen molar-refractivity contribution in [2.45, 2.75) is 38.6 Å². The maximum Gasteiger partial charge on any atom is 0.0631 e. The van der Waals surface area contributed by atoms with Crippen LogP contribution in [0.2, 0.25) is 0 Å². The smallest absolute Gasteiger partial charge is 0.0631 e. The third kappa shape index (κ3) is 2.40. The molecule has 0 radical (unpaired) electrons. The fourth-order valence-corrected chi connectivity index (χ4v) is 4.91. The van der Waals surface area contributed by atoms with E-state index in [2.05, 4.69) is 35.8 Å². The zero-order chi connectivity index (χ0) is 12.4. The molecule has 0 saturated heterocycles. The minimum Gasteiger partial charge on any atom is -0.306 e. The molecule has 1 aliphatic rings. The molecule has 0 saturated carbocycles. The first-order chi connectivity index (χ1) is 8.88. The summed E-state index contributed by atoms with van der Waals surface area (Å²) in [5, 5.41) is 5.85. The van der Waals surface area contributed by atoms with E-state index >= 15 is 0 Å². The van der Waals surface area contributed by atoms with Gasteiger partial charge in [-0.2, -0.15) is 0 Å². The Morgan fingerprint density at radius 1 is 1.33 bits per heavy atom. The molecule has 1 N–H and O–H groups in total. The number of hydrogen-bond acceptors (Lipinski definition) is 3. The molecule has 1 nitrogen and oxygen atoms in total. The summed E-state index contributed by atoms with van der Waals surface area (Å²) in [6.07, 6.45) is 7.71. The topological polar surface area (TPSA) is 12.0 Å². The lowest BCUT2D eigenvalue weighted by Crippen LogP contribution is -2.22. The Kier molecular flexibility index (Phi) is 3.83. The monoisotopic (exact) mass is 277 g/mol. The number of rotatable bonds is 4. The van der Waals surface area contributed by atoms with Crippen molar-refractivity contribution < 1.29 is 0 Å². The molecule has 1 unspecified atom stereocenters. The highest BCUT2D eigenvalue weighted by Crippen LogP contribution is 2.38. The van der Waals surface area contributed by atoms with E-state index in [1.807, 2.05) is 22.7 Å². The first-order valence-corrected chi connectivity index (χ1v) is 8.47. The van der Waals surface area contributed by atoms with E-state index in [0.29, 0.717) is 6.04 Å². The fraction of sp³-hybridized carbons (Fsp3) is 0.467. The average molecular weight is 277 g/mol. The molecule has 3 heteroatoms. The Labute approximate surface area is 117 Å². The van der Waals surface area contributed by atoms with E-state index in [9.17, 15) is 0 Å². The number of nitrogens with one attached hydrogen (secondary N) is 1. The lowest BCUT2D eigenvalue weighted by atomic mass is 9.93. The van der Waals surface area contributed by atoms with Crippen molar-refractivity contribution in [3.8, 4) is 0 Å². The average Bonchev–Trinajstić information content (AvgIpc) is 2.97. The molecule has 0 amide bonds. The SMILES string of the molecule is CCNC(C1=CCCCC1)c1cc2sccc2s1. The molecule has 96 valence electrons. The summed E-state index contributed by atoms with van der Waals surface area (Å²) in [4.78, 5) is 1.49. The van der Waals surface area contributed by atoms with Gasteiger partial charge in [0.2, 0.25) is 0 Å². The second kappa shape index (κ2) is 5.55. The van der Waals surface area contributed by atoms with Crippen LogP contribution >= 0.6 is 22.7 Å². The highest BCUT2D eigenvalue weighted by atomic mass is 32.1. The molecular formula is C15H19NS2. The predicted octanol–water partition coefficient (Wildman–Crippen LogP) is 5.11. The van der Waals surface area contributed by atoms with Crippen LogP contribution < -0.4 is 5.32 Å². The highest BCUT2D eigenvalue weighted by Gasteiger charge is 2.19. The zero-order valence-electron chi connectivity index (χ0n) is 10.7. The molecular weight excluding hydrogens is 258 g/mol. The largest absolute Gasteiger partial charge is 0.306 e. The first-order valence-electron chi connectivity index (χ1n) is 6.77. The standard InChI is InChI=1S/C15H19NS2/c1-2-16-15(11-6-4-3-5-7-11)14-10-13-12(18-14)8-9-17-13/h6,8-10,15-16H,2-5,7H2,1H3. The molecule has 1 atom stereocenters. The van der Waals surface area contributed by atoms with Crippen LogP contribution in [0, 0.1) is 0 Å². The van der Waals surface area contributed by atoms with Crippen LogP contribution in [0.25, 0.3) is 9.40 Å². The summed E-state index contributed by atoms with van der Waals surface area (Å²) in [6, 6.07) is 5.08. The van der Waals surface area contributed by atoms with Gasteiger partial charge >= 0.3 is 0 Å². The molecule has 18 heavy (non-hydrogen) atoms. The van der Waals surface area contributed by atoms with Crippen molar-refractivity contribution in [3.63, 3.8) is 0 Å². The number of likely N-dealkylation sites (N-methyl/N-ethyl adjacent to an activating group) is 1. The quantitative estimate of drug-likeness (QED) is 0.765. The van der Waals surface area contributed by atoms with Gasteiger partial charge in [-0.15, -0.1) is 22.7 Å². The molecule has 0 aromatic carbocycles. The van der Waals surface area contributed by atoms with E-state index in [4.69, 9.17) is 0 Å². The normalized spacial score (nSPS) is 17.9. The number of hydrogen-bond donors (Lipinski definition) is 1. The minimum atomic E-state index is 0.458. The van der Waals surface area contributed by atoms with Crippen LogP contribution in [0.3, 0.4) is 0 Å². The second-order valence-corrected chi connectivity index (χ2v) is 6.88. The minimum absolute atomic E-state index is 0.458. The van der Waals surface area contributed by atoms with Gasteiger partial charge in [0.15, 0.2) is 0 Å². The third-order valence-electron chi connectivity index (χ3n) is 3.55. The van der Waals surface area contributed by atoms with E-state index in [1.165, 1.54) is 40.0 Å². The molecule has 0 bridgehead atoms. The van der Waals surface area contributed by atoms with E-state index < -0.39 is 0 Å². The number of thiophene rings is 2. The van der Waals surface area contributed by atoms with Crippen LogP contribution in [0.15, 0.2) is 29.2 Å². The van der Waals surface area contributed by atoms with Crippen molar-refractivity contribution in [1.29, 1.82) is 0 Å². The van der Waals surface area contributed by atoms with Gasteiger partial charge in [-0.25, -0.2) is 0 Å². The molecule has 2 aromatic heterocycles. The van der Waals surface area contributed by atoms with Crippen LogP contribution in [0.1, 0.15) is 43.5 Å². The molecule has 2 aromatic rings. The van der Waals surface area contributed by atoms with Crippen LogP contribution in [-0.4, -0.2) is 6.54 Å². The van der Waals surface area contributed by atoms with Crippen molar-refractivity contribution >= 4 is 32.1 Å². The third-order valence-corrected chi connectivity index (χ3v) is 5.71. The van der Waals surface area contributed by atoms with E-state index in [1.54, 1.807) is 5.57 Å². The Hall–Kier alpha value is -0.640. The van der Waals surface area contributed by atoms with Crippen LogP contribution in [0.5, 0.6) is 0 Å². The number of fused-ring (bicyclic) bond motifs is 1. The maximum atomic E-state index is 3.67. The molecule has 0 spiro atoms. The van der Waals surface area contributed by atoms with Crippen molar-refractivity contribution in [1.82, 2.24) is 5.32 Å². The van der Waals surface area contributed by atoms with E-state index in [0.717, 1.165) is 6.54 Å². The van der Waals surface area contributed by atoms with Gasteiger partial charge in [-0.3, -0.25) is 0 Å². The van der Waals surface area contributed by atoms with Crippen LogP contribution in [0.4, 0.5) is 0 Å². The van der Waals surface area contributed by atoms with Crippen LogP contribution in [-0.2, 0) is 0 Å². The van der Waals surface area contributed by atoms with Gasteiger partial charge in [0, 0.05) is 14.3 Å². The van der Waals surface area contributed by atoms with Gasteiger partial charge < -0.3 is 5.32 Å². The second-order valence-electron chi connectivity index (χ2n) is 4.81. The summed E-state index contributed by atoms with van der Waals surface area (Å²) in [6.45, 7) is 3.24. The Balaban J connectivity index is 1.93. The Bertz CT molecular complexity index is 521. The van der Waals surface area contributed by atoms with E-state index in [-0.39, 0.29) is 0 Å². The maximum absolute atomic E-state index is 3.67. The van der Waals surface area contributed by atoms with Crippen molar-refractivity contribution in [2.75, 3.05) is 6.54 Å². The lowest BCUT2D eigenvalue weighted by Gasteiger charge is -2.23. The summed E-state index contributed by atoms with van der Waals surface area (Å²) in [7, 11) is 0. The summed E-state index contributed by atoms with van der Waals surface area (Å²) in [5.74, 6) is 0. The summed E-state index contributed by atoms with van der Waals surface area (Å²) < 4.78 is 2.88. The number of allylic oxidation sites excluding steroid dienone is 1. The lowest BCUT2D eigenvalue weighted by molar-refractivity contribution is 0.570. The molecule has 0 aliphatic heterocycles. The predicted molar refractivity (Wildman–Crippen MR) is 82.7 cm³/mol.